The molecule has 0 fully saturated rings. The van der Waals surface area contributed by atoms with Crippen molar-refractivity contribution in [1.29, 1.82) is 0 Å². The van der Waals surface area contributed by atoms with Crippen LogP contribution in [0.25, 0.3) is 0 Å². The maximum absolute atomic E-state index is 13.0. The predicted octanol–water partition coefficient (Wildman–Crippen LogP) is 16.9. The molecular weight excluding hydrogens is 1080 g/mol. The van der Waals surface area contributed by atoms with Gasteiger partial charge in [-0.15, -0.1) is 0 Å². The number of hydrogen-bond donors (Lipinski definition) is 3. The first kappa shape index (κ1) is 79.1. The molecule has 17 nitrogen and oxygen atoms in total. The van der Waals surface area contributed by atoms with Gasteiger partial charge in [0.1, 0.15) is 19.3 Å². The SMILES string of the molecule is CCCCCCCCCCCCCCCC(=O)OC[C@H](COP(=O)(O)OC[C@@H](O)COP(=O)(O)OC[C@@H](COC(=O)CCCCCCC)OC(=O)CCCCCCCCC(C)CC)OC(=O)CCCCCCCCCCCCC(C)C. The fourth-order valence-corrected chi connectivity index (χ4v) is 10.7. The summed E-state index contributed by atoms with van der Waals surface area (Å²) < 4.78 is 67.7. The van der Waals surface area contributed by atoms with E-state index in [1.807, 2.05) is 0 Å². The second-order valence-corrected chi connectivity index (χ2v) is 26.1. The molecule has 0 spiro atoms. The van der Waals surface area contributed by atoms with Gasteiger partial charge in [-0.05, 0) is 37.5 Å². The molecule has 0 radical (unpaired) electrons. The third-order valence-electron chi connectivity index (χ3n) is 14.6. The number of hydrogen-bond acceptors (Lipinski definition) is 15. The molecule has 19 heteroatoms. The first-order valence-electron chi connectivity index (χ1n) is 32.5. The van der Waals surface area contributed by atoms with Crippen LogP contribution >= 0.6 is 15.6 Å². The number of ether oxygens (including phenoxy) is 4. The van der Waals surface area contributed by atoms with Crippen LogP contribution in [0.5, 0.6) is 0 Å². The molecule has 3 N–H and O–H groups in total. The summed E-state index contributed by atoms with van der Waals surface area (Å²) in [5.41, 5.74) is 0. The fraction of sp³-hybridized carbons (Fsp3) is 0.935. The van der Waals surface area contributed by atoms with Crippen molar-refractivity contribution in [2.75, 3.05) is 39.6 Å². The number of aliphatic hydroxyl groups is 1. The Kier molecular flexibility index (Phi) is 53.4. The van der Waals surface area contributed by atoms with Crippen LogP contribution in [0.3, 0.4) is 0 Å². The molecule has 6 atom stereocenters. The molecule has 0 amide bonds. The summed E-state index contributed by atoms with van der Waals surface area (Å²) in [6, 6.07) is 0. The molecule has 0 aliphatic rings. The van der Waals surface area contributed by atoms with Gasteiger partial charge in [0, 0.05) is 25.7 Å². The van der Waals surface area contributed by atoms with E-state index in [2.05, 4.69) is 41.5 Å². The van der Waals surface area contributed by atoms with Gasteiger partial charge in [-0.3, -0.25) is 37.3 Å². The van der Waals surface area contributed by atoms with Gasteiger partial charge in [0.05, 0.1) is 26.4 Å². The van der Waals surface area contributed by atoms with E-state index in [9.17, 15) is 43.2 Å². The monoisotopic (exact) mass is 1200 g/mol. The molecule has 0 rings (SSSR count). The van der Waals surface area contributed by atoms with E-state index in [4.69, 9.17) is 37.0 Å². The van der Waals surface area contributed by atoms with Gasteiger partial charge in [0.2, 0.25) is 0 Å². The molecule has 0 bridgehead atoms. The molecule has 0 saturated heterocycles. The minimum Gasteiger partial charge on any atom is -0.462 e. The highest BCUT2D eigenvalue weighted by Gasteiger charge is 2.30. The Bertz CT molecular complexity index is 1600. The zero-order valence-electron chi connectivity index (χ0n) is 52.1. The van der Waals surface area contributed by atoms with Gasteiger partial charge in [-0.1, -0.05) is 253 Å². The molecule has 81 heavy (non-hydrogen) atoms. The summed E-state index contributed by atoms with van der Waals surface area (Å²) in [6.07, 6.45) is 36.5. The van der Waals surface area contributed by atoms with Crippen LogP contribution in [-0.4, -0.2) is 96.7 Å². The van der Waals surface area contributed by atoms with Gasteiger partial charge < -0.3 is 33.8 Å². The van der Waals surface area contributed by atoms with Gasteiger partial charge in [0.15, 0.2) is 12.2 Å². The second-order valence-electron chi connectivity index (χ2n) is 23.2. The van der Waals surface area contributed by atoms with Gasteiger partial charge in [-0.2, -0.15) is 0 Å². The van der Waals surface area contributed by atoms with Gasteiger partial charge in [-0.25, -0.2) is 9.13 Å². The van der Waals surface area contributed by atoms with E-state index in [0.29, 0.717) is 25.7 Å². The van der Waals surface area contributed by atoms with Crippen LogP contribution in [0, 0.1) is 11.8 Å². The molecule has 0 saturated carbocycles. The summed E-state index contributed by atoms with van der Waals surface area (Å²) in [5, 5.41) is 10.5. The summed E-state index contributed by atoms with van der Waals surface area (Å²) >= 11 is 0. The Hall–Kier alpha value is -1.94. The molecule has 0 heterocycles. The number of esters is 4. The van der Waals surface area contributed by atoms with E-state index in [-0.39, 0.29) is 25.7 Å². The molecule has 0 aliphatic heterocycles. The van der Waals surface area contributed by atoms with Crippen molar-refractivity contribution in [3.63, 3.8) is 0 Å². The number of aliphatic hydroxyl groups excluding tert-OH is 1. The van der Waals surface area contributed by atoms with Crippen LogP contribution in [0.4, 0.5) is 0 Å². The number of carbonyl (C=O) groups excluding carboxylic acids is 4. The summed E-state index contributed by atoms with van der Waals surface area (Å²) in [4.78, 5) is 71.9. The van der Waals surface area contributed by atoms with Crippen molar-refractivity contribution >= 4 is 39.5 Å². The second kappa shape index (κ2) is 54.7. The molecule has 0 aromatic carbocycles. The Morgan fingerprint density at radius 1 is 0.358 bits per heavy atom. The van der Waals surface area contributed by atoms with Crippen LogP contribution < -0.4 is 0 Å². The van der Waals surface area contributed by atoms with E-state index >= 15 is 0 Å². The van der Waals surface area contributed by atoms with Crippen LogP contribution in [0.15, 0.2) is 0 Å². The maximum Gasteiger partial charge on any atom is 0.472 e. The molecular formula is C62H120O17P2. The minimum atomic E-state index is -4.94. The zero-order valence-corrected chi connectivity index (χ0v) is 53.9. The van der Waals surface area contributed by atoms with E-state index < -0.39 is 97.5 Å². The van der Waals surface area contributed by atoms with Crippen molar-refractivity contribution in [3.8, 4) is 0 Å². The van der Waals surface area contributed by atoms with E-state index in [1.165, 1.54) is 116 Å². The number of phosphoric acid groups is 2. The van der Waals surface area contributed by atoms with E-state index in [0.717, 1.165) is 108 Å². The molecule has 0 aliphatic carbocycles. The standard InChI is InChI=1S/C62H120O17P2/c1-7-10-12-14-15-16-17-18-19-23-26-33-39-45-60(65)73-51-58(78-61(66)46-40-34-27-24-21-20-22-25-31-36-42-54(4)5)53-77-81(70,71)75-49-56(63)48-74-80(68,69)76-52-57(50-72-59(64)44-38-30-13-11-8-2)79-62(67)47-41-35-29-28-32-37-43-55(6)9-3/h54-58,63H,7-53H2,1-6H3,(H,68,69)(H,70,71)/t55?,56-,57+,58+/m0/s1. The Balaban J connectivity index is 5.19. The third kappa shape index (κ3) is 55.7. The molecule has 0 aromatic heterocycles. The topological polar surface area (TPSA) is 237 Å². The Labute approximate surface area is 492 Å². The smallest absolute Gasteiger partial charge is 0.462 e. The lowest BCUT2D eigenvalue weighted by Crippen LogP contribution is -2.30. The average molecular weight is 1200 g/mol. The van der Waals surface area contributed by atoms with Crippen molar-refractivity contribution in [2.24, 2.45) is 11.8 Å². The highest BCUT2D eigenvalue weighted by Crippen LogP contribution is 2.45. The number of unbranched alkanes of at least 4 members (excludes halogenated alkanes) is 30. The summed E-state index contributed by atoms with van der Waals surface area (Å²) in [5.74, 6) is -0.676. The summed E-state index contributed by atoms with van der Waals surface area (Å²) in [7, 11) is -9.88. The van der Waals surface area contributed by atoms with Crippen LogP contribution in [0.1, 0.15) is 305 Å². The highest BCUT2D eigenvalue weighted by atomic mass is 31.2. The summed E-state index contributed by atoms with van der Waals surface area (Å²) in [6.45, 7) is 9.33. The number of rotatable bonds is 61. The van der Waals surface area contributed by atoms with Crippen molar-refractivity contribution in [2.45, 2.75) is 323 Å². The van der Waals surface area contributed by atoms with Crippen molar-refractivity contribution in [1.82, 2.24) is 0 Å². The predicted molar refractivity (Wildman–Crippen MR) is 321 cm³/mol. The van der Waals surface area contributed by atoms with Crippen molar-refractivity contribution in [3.05, 3.63) is 0 Å². The lowest BCUT2D eigenvalue weighted by Gasteiger charge is -2.21. The quantitative estimate of drug-likeness (QED) is 0.0222. The molecule has 0 aromatic rings. The minimum absolute atomic E-state index is 0.102. The lowest BCUT2D eigenvalue weighted by molar-refractivity contribution is -0.161. The lowest BCUT2D eigenvalue weighted by atomic mass is 10.00. The largest absolute Gasteiger partial charge is 0.472 e. The first-order chi connectivity index (χ1) is 38.9. The van der Waals surface area contributed by atoms with Crippen LogP contribution in [-0.2, 0) is 65.4 Å². The first-order valence-corrected chi connectivity index (χ1v) is 35.5. The zero-order chi connectivity index (χ0) is 60.1. The number of carbonyl (C=O) groups is 4. The highest BCUT2D eigenvalue weighted by molar-refractivity contribution is 7.47. The fourth-order valence-electron chi connectivity index (χ4n) is 9.15. The Morgan fingerprint density at radius 2 is 0.630 bits per heavy atom. The average Bonchev–Trinajstić information content (AvgIpc) is 3.43. The van der Waals surface area contributed by atoms with Crippen LogP contribution in [0.2, 0.25) is 0 Å². The normalized spacial score (nSPS) is 14.7. The Morgan fingerprint density at radius 3 is 0.938 bits per heavy atom. The third-order valence-corrected chi connectivity index (χ3v) is 16.5. The maximum atomic E-state index is 13.0. The molecule has 480 valence electrons. The van der Waals surface area contributed by atoms with Gasteiger partial charge >= 0.3 is 39.5 Å². The number of phosphoric ester groups is 2. The van der Waals surface area contributed by atoms with Crippen molar-refractivity contribution < 1.29 is 80.2 Å². The molecule has 3 unspecified atom stereocenters. The van der Waals surface area contributed by atoms with Gasteiger partial charge in [0.25, 0.3) is 0 Å². The van der Waals surface area contributed by atoms with E-state index in [1.54, 1.807) is 0 Å².